The maximum Gasteiger partial charge on any atom is 0.318 e. The Morgan fingerprint density at radius 3 is 2.54 bits per heavy atom. The number of aromatic nitrogens is 2. The molecule has 7 heteroatoms. The lowest BCUT2D eigenvalue weighted by Gasteiger charge is -2.17. The molecule has 134 valence electrons. The summed E-state index contributed by atoms with van der Waals surface area (Å²) in [7, 11) is 2.88. The van der Waals surface area contributed by atoms with E-state index in [-0.39, 0.29) is 11.5 Å². The fourth-order valence-corrected chi connectivity index (χ4v) is 3.54. The van der Waals surface area contributed by atoms with Gasteiger partial charge in [-0.25, -0.2) is 4.98 Å². The second-order valence-electron chi connectivity index (χ2n) is 5.51. The molecule has 1 atom stereocenters. The number of rotatable bonds is 5. The molecule has 1 heterocycles. The molecule has 0 spiro atoms. The highest BCUT2D eigenvalue weighted by molar-refractivity contribution is 8.00. The van der Waals surface area contributed by atoms with Gasteiger partial charge < -0.3 is 9.47 Å². The van der Waals surface area contributed by atoms with Crippen molar-refractivity contribution < 1.29 is 14.3 Å². The lowest BCUT2D eigenvalue weighted by atomic mass is 10.2. The Kier molecular flexibility index (Phi) is 5.27. The van der Waals surface area contributed by atoms with Gasteiger partial charge in [0.1, 0.15) is 11.0 Å². The summed E-state index contributed by atoms with van der Waals surface area (Å²) in [6.45, 7) is 1.71. The molecule has 0 N–H and O–H groups in total. The van der Waals surface area contributed by atoms with Crippen LogP contribution in [0.5, 0.6) is 5.75 Å². The highest BCUT2D eigenvalue weighted by Gasteiger charge is 2.21. The number of hydrogen-bond acceptors (Lipinski definition) is 6. The van der Waals surface area contributed by atoms with Crippen LogP contribution in [-0.2, 0) is 9.53 Å². The number of esters is 1. The molecular weight excluding hydrogens is 352 g/mol. The molecule has 0 fully saturated rings. The summed E-state index contributed by atoms with van der Waals surface area (Å²) in [5, 5.41) is 0.374. The smallest absolute Gasteiger partial charge is 0.318 e. The van der Waals surface area contributed by atoms with Crippen LogP contribution in [0.2, 0.25) is 0 Å². The van der Waals surface area contributed by atoms with Crippen LogP contribution in [-0.4, -0.2) is 35.0 Å². The molecule has 0 saturated carbocycles. The number of nitrogens with zero attached hydrogens (tertiary/aromatic N) is 2. The van der Waals surface area contributed by atoms with Crippen LogP contribution in [0, 0.1) is 0 Å². The van der Waals surface area contributed by atoms with Crippen molar-refractivity contribution in [3.8, 4) is 11.4 Å². The molecular formula is C19H18N2O4S. The number of carbonyl (C=O) groups is 1. The monoisotopic (exact) mass is 370 g/mol. The van der Waals surface area contributed by atoms with Gasteiger partial charge in [0.05, 0.1) is 30.8 Å². The molecule has 0 unspecified atom stereocenters. The number of thioether (sulfide) groups is 1. The van der Waals surface area contributed by atoms with Crippen molar-refractivity contribution >= 4 is 28.6 Å². The van der Waals surface area contributed by atoms with Gasteiger partial charge in [-0.2, -0.15) is 0 Å². The molecule has 6 nitrogen and oxygen atoms in total. The fourth-order valence-electron chi connectivity index (χ4n) is 2.59. The van der Waals surface area contributed by atoms with Crippen LogP contribution >= 0.6 is 11.8 Å². The first-order chi connectivity index (χ1) is 12.6. The SMILES string of the molecule is COC(=O)[C@@H](C)Sc1nc2ccccc2c(=O)n1-c1ccccc1OC. The van der Waals surface area contributed by atoms with Gasteiger partial charge in [0, 0.05) is 0 Å². The largest absolute Gasteiger partial charge is 0.495 e. The Morgan fingerprint density at radius 2 is 1.81 bits per heavy atom. The number of methoxy groups -OCH3 is 2. The van der Waals surface area contributed by atoms with Crippen LogP contribution in [0.3, 0.4) is 0 Å². The van der Waals surface area contributed by atoms with E-state index < -0.39 is 5.25 Å². The van der Waals surface area contributed by atoms with E-state index in [1.807, 2.05) is 18.2 Å². The van der Waals surface area contributed by atoms with Gasteiger partial charge in [0.25, 0.3) is 5.56 Å². The van der Waals surface area contributed by atoms with E-state index in [9.17, 15) is 9.59 Å². The molecule has 0 amide bonds. The zero-order valence-corrected chi connectivity index (χ0v) is 15.4. The van der Waals surface area contributed by atoms with Crippen molar-refractivity contribution in [2.45, 2.75) is 17.3 Å². The molecule has 0 bridgehead atoms. The number of ether oxygens (including phenoxy) is 2. The van der Waals surface area contributed by atoms with E-state index in [0.29, 0.717) is 27.5 Å². The van der Waals surface area contributed by atoms with Crippen molar-refractivity contribution in [2.24, 2.45) is 0 Å². The first-order valence-electron chi connectivity index (χ1n) is 7.96. The quantitative estimate of drug-likeness (QED) is 0.391. The second kappa shape index (κ2) is 7.61. The topological polar surface area (TPSA) is 70.4 Å². The zero-order valence-electron chi connectivity index (χ0n) is 14.6. The van der Waals surface area contributed by atoms with E-state index in [2.05, 4.69) is 4.98 Å². The molecule has 26 heavy (non-hydrogen) atoms. The second-order valence-corrected chi connectivity index (χ2v) is 6.82. The average molecular weight is 370 g/mol. The van der Waals surface area contributed by atoms with Gasteiger partial charge in [-0.1, -0.05) is 36.0 Å². The zero-order chi connectivity index (χ0) is 18.7. The van der Waals surface area contributed by atoms with E-state index in [4.69, 9.17) is 9.47 Å². The van der Waals surface area contributed by atoms with Crippen LogP contribution in [0.4, 0.5) is 0 Å². The van der Waals surface area contributed by atoms with E-state index in [0.717, 1.165) is 0 Å². The highest BCUT2D eigenvalue weighted by Crippen LogP contribution is 2.29. The van der Waals surface area contributed by atoms with Crippen LogP contribution in [0.1, 0.15) is 6.92 Å². The normalized spacial score (nSPS) is 12.0. The Labute approximate surface area is 154 Å². The van der Waals surface area contributed by atoms with Gasteiger partial charge in [0.15, 0.2) is 5.16 Å². The minimum Gasteiger partial charge on any atom is -0.495 e. The lowest BCUT2D eigenvalue weighted by Crippen LogP contribution is -2.24. The van der Waals surface area contributed by atoms with Crippen molar-refractivity contribution in [1.82, 2.24) is 9.55 Å². The molecule has 0 aliphatic carbocycles. The number of para-hydroxylation sites is 3. The maximum atomic E-state index is 13.2. The number of benzene rings is 2. The van der Waals surface area contributed by atoms with Crippen molar-refractivity contribution in [2.75, 3.05) is 14.2 Å². The fraction of sp³-hybridized carbons (Fsp3) is 0.211. The summed E-state index contributed by atoms with van der Waals surface area (Å²) < 4.78 is 11.7. The summed E-state index contributed by atoms with van der Waals surface area (Å²) in [5.41, 5.74) is 0.917. The van der Waals surface area contributed by atoms with Crippen LogP contribution in [0.15, 0.2) is 58.5 Å². The van der Waals surface area contributed by atoms with E-state index in [1.165, 1.54) is 23.4 Å². The first-order valence-corrected chi connectivity index (χ1v) is 8.84. The standard InChI is InChI=1S/C19H18N2O4S/c1-12(18(23)25-3)26-19-20-14-9-5-4-8-13(14)17(22)21(19)15-10-6-7-11-16(15)24-2/h4-12H,1-3H3/t12-/m1/s1. The van der Waals surface area contributed by atoms with Gasteiger partial charge >= 0.3 is 5.97 Å². The van der Waals surface area contributed by atoms with Gasteiger partial charge in [-0.15, -0.1) is 0 Å². The maximum absolute atomic E-state index is 13.2. The highest BCUT2D eigenvalue weighted by atomic mass is 32.2. The molecule has 0 radical (unpaired) electrons. The van der Waals surface area contributed by atoms with E-state index >= 15 is 0 Å². The molecule has 0 saturated heterocycles. The third-order valence-electron chi connectivity index (χ3n) is 3.89. The summed E-state index contributed by atoms with van der Waals surface area (Å²) in [5.74, 6) is 0.156. The molecule has 0 aliphatic rings. The van der Waals surface area contributed by atoms with Gasteiger partial charge in [-0.05, 0) is 31.2 Å². The minimum absolute atomic E-state index is 0.223. The first kappa shape index (κ1) is 18.0. The molecule has 2 aromatic carbocycles. The average Bonchev–Trinajstić information content (AvgIpc) is 2.67. The van der Waals surface area contributed by atoms with Crippen molar-refractivity contribution in [3.63, 3.8) is 0 Å². The predicted molar refractivity (Wildman–Crippen MR) is 101 cm³/mol. The summed E-state index contributed by atoms with van der Waals surface area (Å²) >= 11 is 1.17. The summed E-state index contributed by atoms with van der Waals surface area (Å²) in [6.07, 6.45) is 0. The summed E-state index contributed by atoms with van der Waals surface area (Å²) in [6, 6.07) is 14.3. The summed E-state index contributed by atoms with van der Waals surface area (Å²) in [4.78, 5) is 29.6. The van der Waals surface area contributed by atoms with Crippen LogP contribution in [0.25, 0.3) is 16.6 Å². The number of carbonyl (C=O) groups excluding carboxylic acids is 1. The number of hydrogen-bond donors (Lipinski definition) is 0. The molecule has 3 rings (SSSR count). The van der Waals surface area contributed by atoms with Crippen molar-refractivity contribution in [3.05, 3.63) is 58.9 Å². The Hall–Kier alpha value is -2.80. The lowest BCUT2D eigenvalue weighted by molar-refractivity contribution is -0.139. The molecule has 1 aromatic heterocycles. The Bertz CT molecular complexity index is 1020. The molecule has 0 aliphatic heterocycles. The van der Waals surface area contributed by atoms with Gasteiger partial charge in [-0.3, -0.25) is 14.2 Å². The van der Waals surface area contributed by atoms with Gasteiger partial charge in [0.2, 0.25) is 0 Å². The Morgan fingerprint density at radius 1 is 1.12 bits per heavy atom. The predicted octanol–water partition coefficient (Wildman–Crippen LogP) is 3.05. The third kappa shape index (κ3) is 3.30. The van der Waals surface area contributed by atoms with Crippen molar-refractivity contribution in [1.29, 1.82) is 0 Å². The molecule has 3 aromatic rings. The minimum atomic E-state index is -0.519. The Balaban J connectivity index is 2.28. The third-order valence-corrected chi connectivity index (χ3v) is 4.92. The van der Waals surface area contributed by atoms with E-state index in [1.54, 1.807) is 44.4 Å². The van der Waals surface area contributed by atoms with Crippen LogP contribution < -0.4 is 10.3 Å². The number of fused-ring (bicyclic) bond motifs is 1.